The van der Waals surface area contributed by atoms with E-state index in [-0.39, 0.29) is 24.0 Å². The minimum absolute atomic E-state index is 0. The number of guanidine groups is 1. The number of hydrogen-bond donors (Lipinski definition) is 2. The third-order valence-electron chi connectivity index (χ3n) is 6.35. The standard InChI is InChI=1S/C21H34N6.HI/c1-22-21(23-15-19-17-25-11-13-26(19)14-12-25)24-16-20(27-9-5-6-10-27)18-7-3-2-4-8-18;/h2-4,7-8,19-20H,5-6,9-17H2,1H3,(H2,22,23,24);1H. The fraction of sp³-hybridized carbons (Fsp3) is 0.667. The predicted octanol–water partition coefficient (Wildman–Crippen LogP) is 1.61. The molecule has 28 heavy (non-hydrogen) atoms. The van der Waals surface area contributed by atoms with Gasteiger partial charge in [0.2, 0.25) is 0 Å². The van der Waals surface area contributed by atoms with E-state index in [1.54, 1.807) is 0 Å². The van der Waals surface area contributed by atoms with E-state index in [2.05, 4.69) is 60.7 Å². The molecule has 0 aliphatic carbocycles. The Kier molecular flexibility index (Phi) is 8.37. The smallest absolute Gasteiger partial charge is 0.191 e. The van der Waals surface area contributed by atoms with Gasteiger partial charge < -0.3 is 10.6 Å². The molecule has 0 aromatic heterocycles. The number of nitrogens with one attached hydrogen (secondary N) is 2. The highest BCUT2D eigenvalue weighted by Crippen LogP contribution is 2.24. The van der Waals surface area contributed by atoms with Gasteiger partial charge in [-0.15, -0.1) is 24.0 Å². The van der Waals surface area contributed by atoms with Crippen LogP contribution in [0, 0.1) is 0 Å². The van der Waals surface area contributed by atoms with Crippen molar-refractivity contribution in [2.45, 2.75) is 24.9 Å². The lowest BCUT2D eigenvalue weighted by Gasteiger charge is -2.47. The highest BCUT2D eigenvalue weighted by atomic mass is 127. The van der Waals surface area contributed by atoms with Gasteiger partial charge in [0.05, 0.1) is 6.04 Å². The minimum Gasteiger partial charge on any atom is -0.355 e. The van der Waals surface area contributed by atoms with Crippen molar-refractivity contribution in [3.05, 3.63) is 35.9 Å². The van der Waals surface area contributed by atoms with Gasteiger partial charge in [-0.2, -0.15) is 0 Å². The number of aliphatic imine (C=N–C) groups is 1. The normalized spacial score (nSPS) is 28.6. The summed E-state index contributed by atoms with van der Waals surface area (Å²) in [6.07, 6.45) is 2.62. The molecule has 0 amide bonds. The van der Waals surface area contributed by atoms with Crippen LogP contribution in [0.1, 0.15) is 24.4 Å². The molecule has 2 bridgehead atoms. The van der Waals surface area contributed by atoms with Crippen molar-refractivity contribution in [3.63, 3.8) is 0 Å². The van der Waals surface area contributed by atoms with E-state index in [1.807, 2.05) is 7.05 Å². The molecule has 1 aromatic rings. The largest absolute Gasteiger partial charge is 0.355 e. The number of fused-ring (bicyclic) bond motifs is 3. The monoisotopic (exact) mass is 498 g/mol. The second kappa shape index (κ2) is 10.8. The van der Waals surface area contributed by atoms with Crippen molar-refractivity contribution in [1.29, 1.82) is 0 Å². The van der Waals surface area contributed by atoms with Crippen LogP contribution in [0.5, 0.6) is 0 Å². The maximum Gasteiger partial charge on any atom is 0.191 e. The molecule has 4 saturated heterocycles. The molecule has 156 valence electrons. The molecule has 1 aromatic carbocycles. The first-order chi connectivity index (χ1) is 13.3. The number of rotatable bonds is 6. The first kappa shape index (κ1) is 21.8. The van der Waals surface area contributed by atoms with E-state index >= 15 is 0 Å². The predicted molar refractivity (Wildman–Crippen MR) is 127 cm³/mol. The summed E-state index contributed by atoms with van der Waals surface area (Å²) in [4.78, 5) is 12.3. The Bertz CT molecular complexity index is 611. The second-order valence-corrected chi connectivity index (χ2v) is 7.99. The molecule has 4 aliphatic rings. The zero-order valence-corrected chi connectivity index (χ0v) is 19.3. The Labute approximate surface area is 186 Å². The van der Waals surface area contributed by atoms with Crippen molar-refractivity contribution in [1.82, 2.24) is 25.3 Å². The van der Waals surface area contributed by atoms with Crippen LogP contribution in [0.2, 0.25) is 0 Å². The maximum absolute atomic E-state index is 4.47. The summed E-state index contributed by atoms with van der Waals surface area (Å²) >= 11 is 0. The molecule has 5 rings (SSSR count). The Morgan fingerprint density at radius 2 is 1.75 bits per heavy atom. The number of piperazine rings is 3. The van der Waals surface area contributed by atoms with E-state index in [0.717, 1.165) is 19.0 Å². The number of nitrogens with zero attached hydrogens (tertiary/aromatic N) is 4. The average molecular weight is 498 g/mol. The molecule has 6 nitrogen and oxygen atoms in total. The maximum atomic E-state index is 4.47. The van der Waals surface area contributed by atoms with Crippen LogP contribution in [-0.2, 0) is 0 Å². The van der Waals surface area contributed by atoms with E-state index in [0.29, 0.717) is 12.1 Å². The van der Waals surface area contributed by atoms with Crippen LogP contribution in [-0.4, -0.2) is 92.7 Å². The highest BCUT2D eigenvalue weighted by Gasteiger charge is 2.31. The number of benzene rings is 1. The first-order valence-corrected chi connectivity index (χ1v) is 10.5. The zero-order valence-electron chi connectivity index (χ0n) is 17.0. The van der Waals surface area contributed by atoms with Gasteiger partial charge in [0.15, 0.2) is 5.96 Å². The average Bonchev–Trinajstić information content (AvgIpc) is 3.27. The van der Waals surface area contributed by atoms with Gasteiger partial charge in [-0.25, -0.2) is 0 Å². The third kappa shape index (κ3) is 5.37. The Hall–Kier alpha value is -0.900. The molecular weight excluding hydrogens is 463 g/mol. The van der Waals surface area contributed by atoms with Crippen molar-refractivity contribution in [3.8, 4) is 0 Å². The summed E-state index contributed by atoms with van der Waals surface area (Å²) in [6.45, 7) is 10.3. The molecule has 2 N–H and O–H groups in total. The molecule has 4 aliphatic heterocycles. The van der Waals surface area contributed by atoms with Gasteiger partial charge in [0, 0.05) is 58.9 Å². The molecule has 2 atom stereocenters. The molecule has 4 fully saturated rings. The lowest BCUT2D eigenvalue weighted by Crippen LogP contribution is -2.63. The van der Waals surface area contributed by atoms with E-state index < -0.39 is 0 Å². The van der Waals surface area contributed by atoms with Crippen LogP contribution in [0.4, 0.5) is 0 Å². The SMILES string of the molecule is CN=C(NCC1CN2CCN1CC2)NCC(c1ccccc1)N1CCCC1.I. The Balaban J connectivity index is 0.00000225. The Morgan fingerprint density at radius 3 is 2.36 bits per heavy atom. The molecule has 4 heterocycles. The van der Waals surface area contributed by atoms with Gasteiger partial charge in [0.1, 0.15) is 0 Å². The fourth-order valence-corrected chi connectivity index (χ4v) is 4.73. The van der Waals surface area contributed by atoms with Gasteiger partial charge in [0.25, 0.3) is 0 Å². The third-order valence-corrected chi connectivity index (χ3v) is 6.35. The summed E-state index contributed by atoms with van der Waals surface area (Å²) in [5.74, 6) is 0.924. The van der Waals surface area contributed by atoms with Crippen LogP contribution in [0.15, 0.2) is 35.3 Å². The lowest BCUT2D eigenvalue weighted by atomic mass is 10.1. The highest BCUT2D eigenvalue weighted by molar-refractivity contribution is 14.0. The summed E-state index contributed by atoms with van der Waals surface area (Å²) in [6, 6.07) is 11.9. The van der Waals surface area contributed by atoms with Gasteiger partial charge in [-0.3, -0.25) is 19.7 Å². The first-order valence-electron chi connectivity index (χ1n) is 10.5. The summed E-state index contributed by atoms with van der Waals surface area (Å²) < 4.78 is 0. The van der Waals surface area contributed by atoms with E-state index in [4.69, 9.17) is 0 Å². The molecular formula is C21H35IN6. The number of halogens is 1. The summed E-state index contributed by atoms with van der Waals surface area (Å²) in [5, 5.41) is 7.17. The molecule has 2 unspecified atom stereocenters. The Morgan fingerprint density at radius 1 is 1.04 bits per heavy atom. The van der Waals surface area contributed by atoms with Gasteiger partial charge in [-0.1, -0.05) is 30.3 Å². The minimum atomic E-state index is 0. The van der Waals surface area contributed by atoms with Crippen LogP contribution >= 0.6 is 24.0 Å². The van der Waals surface area contributed by atoms with Crippen molar-refractivity contribution >= 4 is 29.9 Å². The van der Waals surface area contributed by atoms with Crippen LogP contribution in [0.3, 0.4) is 0 Å². The van der Waals surface area contributed by atoms with E-state index in [9.17, 15) is 0 Å². The number of hydrogen-bond acceptors (Lipinski definition) is 4. The fourth-order valence-electron chi connectivity index (χ4n) is 4.73. The number of likely N-dealkylation sites (tertiary alicyclic amines) is 1. The van der Waals surface area contributed by atoms with Crippen LogP contribution < -0.4 is 10.6 Å². The molecule has 7 heteroatoms. The van der Waals surface area contributed by atoms with Gasteiger partial charge >= 0.3 is 0 Å². The van der Waals surface area contributed by atoms with Gasteiger partial charge in [-0.05, 0) is 31.5 Å². The van der Waals surface area contributed by atoms with Crippen LogP contribution in [0.25, 0.3) is 0 Å². The quantitative estimate of drug-likeness (QED) is 0.355. The topological polar surface area (TPSA) is 46.1 Å². The van der Waals surface area contributed by atoms with Crippen molar-refractivity contribution < 1.29 is 0 Å². The summed E-state index contributed by atoms with van der Waals surface area (Å²) in [5.41, 5.74) is 1.39. The second-order valence-electron chi connectivity index (χ2n) is 7.99. The molecule has 0 spiro atoms. The molecule has 0 saturated carbocycles. The van der Waals surface area contributed by atoms with E-state index in [1.165, 1.54) is 64.2 Å². The lowest BCUT2D eigenvalue weighted by molar-refractivity contribution is 0.0154. The molecule has 0 radical (unpaired) electrons. The summed E-state index contributed by atoms with van der Waals surface area (Å²) in [7, 11) is 1.87. The zero-order chi connectivity index (χ0) is 18.5. The van der Waals surface area contributed by atoms with Crippen molar-refractivity contribution in [2.24, 2.45) is 4.99 Å². The van der Waals surface area contributed by atoms with Crippen molar-refractivity contribution in [2.75, 3.05) is 66.0 Å².